The number of aromatic nitrogens is 4. The number of nitrogens with zero attached hydrogens (tertiary/aromatic N) is 4. The Labute approximate surface area is 128 Å². The summed E-state index contributed by atoms with van der Waals surface area (Å²) >= 11 is 6.14. The Morgan fingerprint density at radius 1 is 1.43 bits per heavy atom. The molecule has 0 amide bonds. The second-order valence-corrected chi connectivity index (χ2v) is 5.90. The van der Waals surface area contributed by atoms with E-state index in [4.69, 9.17) is 11.6 Å². The minimum Gasteiger partial charge on any atom is -0.378 e. The molecule has 6 nitrogen and oxygen atoms in total. The van der Waals surface area contributed by atoms with Crippen molar-refractivity contribution in [3.63, 3.8) is 0 Å². The summed E-state index contributed by atoms with van der Waals surface area (Å²) < 4.78 is 3.15. The summed E-state index contributed by atoms with van der Waals surface area (Å²) in [6.45, 7) is 7.10. The van der Waals surface area contributed by atoms with Gasteiger partial charge in [0.1, 0.15) is 5.02 Å². The maximum atomic E-state index is 12.1. The summed E-state index contributed by atoms with van der Waals surface area (Å²) in [5.41, 5.74) is 2.28. The van der Waals surface area contributed by atoms with Gasteiger partial charge in [-0.05, 0) is 12.8 Å². The summed E-state index contributed by atoms with van der Waals surface area (Å²) in [5, 5.41) is 11.7. The molecule has 2 aromatic heterocycles. The zero-order chi connectivity index (χ0) is 15.6. The van der Waals surface area contributed by atoms with E-state index in [0.717, 1.165) is 11.3 Å². The van der Waals surface area contributed by atoms with Crippen LogP contribution in [0.1, 0.15) is 25.1 Å². The van der Waals surface area contributed by atoms with Crippen molar-refractivity contribution in [1.82, 2.24) is 19.6 Å². The molecule has 0 spiro atoms. The van der Waals surface area contributed by atoms with Gasteiger partial charge in [0.25, 0.3) is 5.56 Å². The first-order valence-corrected chi connectivity index (χ1v) is 7.25. The van der Waals surface area contributed by atoms with Crippen LogP contribution in [0.3, 0.4) is 0 Å². The highest BCUT2D eigenvalue weighted by Gasteiger charge is 2.11. The molecule has 0 atom stereocenters. The van der Waals surface area contributed by atoms with Gasteiger partial charge in [-0.2, -0.15) is 10.2 Å². The van der Waals surface area contributed by atoms with Crippen LogP contribution < -0.4 is 10.9 Å². The lowest BCUT2D eigenvalue weighted by Gasteiger charge is -2.11. The molecule has 0 aliphatic carbocycles. The SMILES string of the molecule is Cc1nn(C)cc1CNc1cnn(CC(C)C)c(=O)c1Cl. The van der Waals surface area contributed by atoms with Crippen LogP contribution in [0.5, 0.6) is 0 Å². The van der Waals surface area contributed by atoms with Crippen molar-refractivity contribution in [3.05, 3.63) is 39.0 Å². The molecular formula is C14H20ClN5O. The van der Waals surface area contributed by atoms with Crippen LogP contribution >= 0.6 is 11.6 Å². The molecular weight excluding hydrogens is 290 g/mol. The highest BCUT2D eigenvalue weighted by molar-refractivity contribution is 6.32. The van der Waals surface area contributed by atoms with E-state index in [9.17, 15) is 4.79 Å². The van der Waals surface area contributed by atoms with Gasteiger partial charge in [0.15, 0.2) is 0 Å². The van der Waals surface area contributed by atoms with E-state index in [1.54, 1.807) is 10.9 Å². The molecule has 0 bridgehead atoms. The first-order valence-electron chi connectivity index (χ1n) is 6.87. The Morgan fingerprint density at radius 3 is 2.71 bits per heavy atom. The van der Waals surface area contributed by atoms with Crippen LogP contribution in [0, 0.1) is 12.8 Å². The van der Waals surface area contributed by atoms with Gasteiger partial charge >= 0.3 is 0 Å². The Kier molecular flexibility index (Phi) is 4.67. The van der Waals surface area contributed by atoms with Crippen molar-refractivity contribution >= 4 is 17.3 Å². The average Bonchev–Trinajstić information content (AvgIpc) is 2.72. The van der Waals surface area contributed by atoms with Crippen molar-refractivity contribution < 1.29 is 0 Å². The van der Waals surface area contributed by atoms with E-state index in [0.29, 0.717) is 24.7 Å². The summed E-state index contributed by atoms with van der Waals surface area (Å²) in [6, 6.07) is 0. The molecule has 2 heterocycles. The van der Waals surface area contributed by atoms with Crippen LogP contribution in [0.4, 0.5) is 5.69 Å². The van der Waals surface area contributed by atoms with Gasteiger partial charge in [-0.25, -0.2) is 4.68 Å². The third-order valence-corrected chi connectivity index (χ3v) is 3.47. The van der Waals surface area contributed by atoms with E-state index >= 15 is 0 Å². The van der Waals surface area contributed by atoms with Gasteiger partial charge in [0, 0.05) is 31.9 Å². The molecule has 0 fully saturated rings. The Bertz CT molecular complexity index is 689. The molecule has 0 radical (unpaired) electrons. The van der Waals surface area contributed by atoms with Crippen LogP contribution in [-0.4, -0.2) is 19.6 Å². The van der Waals surface area contributed by atoms with Gasteiger partial charge in [0.05, 0.1) is 17.6 Å². The minimum atomic E-state index is -0.265. The molecule has 7 heteroatoms. The quantitative estimate of drug-likeness (QED) is 0.919. The number of nitrogens with one attached hydrogen (secondary N) is 1. The number of aryl methyl sites for hydroxylation is 2. The number of halogens is 1. The maximum absolute atomic E-state index is 12.1. The molecule has 0 unspecified atom stereocenters. The molecule has 0 aliphatic rings. The fourth-order valence-electron chi connectivity index (χ4n) is 2.08. The van der Waals surface area contributed by atoms with Crippen molar-refractivity contribution in [2.24, 2.45) is 13.0 Å². The average molecular weight is 310 g/mol. The summed E-state index contributed by atoms with van der Waals surface area (Å²) in [7, 11) is 1.87. The predicted octanol–water partition coefficient (Wildman–Crippen LogP) is 2.21. The number of rotatable bonds is 5. The van der Waals surface area contributed by atoms with E-state index in [2.05, 4.69) is 15.5 Å². The summed E-state index contributed by atoms with van der Waals surface area (Å²) in [4.78, 5) is 12.1. The molecule has 2 aromatic rings. The lowest BCUT2D eigenvalue weighted by molar-refractivity contribution is 0.464. The molecule has 1 N–H and O–H groups in total. The van der Waals surface area contributed by atoms with Gasteiger partial charge in [-0.15, -0.1) is 0 Å². The third kappa shape index (κ3) is 3.64. The van der Waals surface area contributed by atoms with E-state index < -0.39 is 0 Å². The lowest BCUT2D eigenvalue weighted by Crippen LogP contribution is -2.26. The number of anilines is 1. The second kappa shape index (κ2) is 6.30. The first kappa shape index (κ1) is 15.6. The van der Waals surface area contributed by atoms with E-state index in [-0.39, 0.29) is 10.6 Å². The Morgan fingerprint density at radius 2 is 2.14 bits per heavy atom. The first-order chi connectivity index (χ1) is 9.88. The monoisotopic (exact) mass is 309 g/mol. The largest absolute Gasteiger partial charge is 0.378 e. The second-order valence-electron chi connectivity index (χ2n) is 5.52. The van der Waals surface area contributed by atoms with Crippen LogP contribution in [-0.2, 0) is 20.1 Å². The normalized spacial score (nSPS) is 11.1. The fourth-order valence-corrected chi connectivity index (χ4v) is 2.29. The Hall–Kier alpha value is -1.82. The third-order valence-electron chi connectivity index (χ3n) is 3.11. The topological polar surface area (TPSA) is 64.7 Å². The van der Waals surface area contributed by atoms with Crippen molar-refractivity contribution in [2.75, 3.05) is 5.32 Å². The lowest BCUT2D eigenvalue weighted by atomic mass is 10.2. The van der Waals surface area contributed by atoms with Gasteiger partial charge in [-0.1, -0.05) is 25.4 Å². The van der Waals surface area contributed by atoms with Crippen LogP contribution in [0.2, 0.25) is 5.02 Å². The van der Waals surface area contributed by atoms with Crippen LogP contribution in [0.15, 0.2) is 17.2 Å². The highest BCUT2D eigenvalue weighted by atomic mass is 35.5. The minimum absolute atomic E-state index is 0.173. The van der Waals surface area contributed by atoms with E-state index in [1.165, 1.54) is 4.68 Å². The zero-order valence-corrected chi connectivity index (χ0v) is 13.5. The predicted molar refractivity (Wildman–Crippen MR) is 83.6 cm³/mol. The van der Waals surface area contributed by atoms with Gasteiger partial charge in [-0.3, -0.25) is 9.48 Å². The van der Waals surface area contributed by atoms with Crippen LogP contribution in [0.25, 0.3) is 0 Å². The van der Waals surface area contributed by atoms with Crippen molar-refractivity contribution in [1.29, 1.82) is 0 Å². The molecule has 0 saturated carbocycles. The molecule has 114 valence electrons. The zero-order valence-electron chi connectivity index (χ0n) is 12.7. The molecule has 0 aromatic carbocycles. The smallest absolute Gasteiger partial charge is 0.287 e. The van der Waals surface area contributed by atoms with Crippen molar-refractivity contribution in [2.45, 2.75) is 33.9 Å². The maximum Gasteiger partial charge on any atom is 0.287 e. The molecule has 21 heavy (non-hydrogen) atoms. The summed E-state index contributed by atoms with van der Waals surface area (Å²) in [5.74, 6) is 0.336. The molecule has 0 saturated heterocycles. The summed E-state index contributed by atoms with van der Waals surface area (Å²) in [6.07, 6.45) is 3.53. The fraction of sp³-hybridized carbons (Fsp3) is 0.500. The standard InChI is InChI=1S/C14H20ClN5O/c1-9(2)7-20-14(21)13(15)12(6-17-20)16-5-11-8-19(4)18-10(11)3/h6,8-9,16H,5,7H2,1-4H3. The number of hydrogen-bond acceptors (Lipinski definition) is 4. The van der Waals surface area contributed by atoms with Gasteiger partial charge in [0.2, 0.25) is 0 Å². The number of hydrogen-bond donors (Lipinski definition) is 1. The molecule has 2 rings (SSSR count). The van der Waals surface area contributed by atoms with Gasteiger partial charge < -0.3 is 5.32 Å². The van der Waals surface area contributed by atoms with Crippen molar-refractivity contribution in [3.8, 4) is 0 Å². The van der Waals surface area contributed by atoms with E-state index in [1.807, 2.05) is 34.0 Å². The Balaban J connectivity index is 2.16. The molecule has 0 aliphatic heterocycles. The highest BCUT2D eigenvalue weighted by Crippen LogP contribution is 2.17.